The van der Waals surface area contributed by atoms with Gasteiger partial charge in [0, 0.05) is 25.0 Å². The molecule has 2 rings (SSSR count). The number of nitrogens with one attached hydrogen (secondary N) is 1. The first-order chi connectivity index (χ1) is 10.5. The smallest absolute Gasteiger partial charge is 0.338 e. The Morgan fingerprint density at radius 1 is 1.09 bits per heavy atom. The fraction of sp³-hybridized carbons (Fsp3) is 0.188. The van der Waals surface area contributed by atoms with Crippen LogP contribution in [0.2, 0.25) is 0 Å². The lowest BCUT2D eigenvalue weighted by Gasteiger charge is -2.07. The Labute approximate surface area is 127 Å². The fourth-order valence-corrected chi connectivity index (χ4v) is 1.84. The zero-order chi connectivity index (χ0) is 16.1. The molecule has 0 aliphatic rings. The molecule has 2 aromatic rings. The molecule has 6 nitrogen and oxygen atoms in total. The monoisotopic (exact) mass is 300 g/mol. The number of anilines is 1. The largest absolute Gasteiger partial charge is 0.462 e. The Morgan fingerprint density at radius 3 is 2.32 bits per heavy atom. The van der Waals surface area contributed by atoms with Crippen LogP contribution in [0.1, 0.15) is 27.6 Å². The first kappa shape index (κ1) is 15.5. The van der Waals surface area contributed by atoms with Crippen molar-refractivity contribution in [2.45, 2.75) is 6.92 Å². The normalized spacial score (nSPS) is 10.1. The first-order valence-electron chi connectivity index (χ1n) is 6.76. The van der Waals surface area contributed by atoms with Gasteiger partial charge in [-0.15, -0.1) is 0 Å². The summed E-state index contributed by atoms with van der Waals surface area (Å²) in [7, 11) is 1.58. The SMILES string of the molecule is CCOC(=O)c1ccc(NC(=O)c2ccc(=O)n(C)c2)cc1. The van der Waals surface area contributed by atoms with Gasteiger partial charge in [-0.2, -0.15) is 0 Å². The number of nitrogens with zero attached hydrogens (tertiary/aromatic N) is 1. The molecule has 1 amide bonds. The van der Waals surface area contributed by atoms with Gasteiger partial charge in [0.1, 0.15) is 0 Å². The van der Waals surface area contributed by atoms with Crippen LogP contribution in [0.4, 0.5) is 5.69 Å². The van der Waals surface area contributed by atoms with Gasteiger partial charge in [0.05, 0.1) is 17.7 Å². The van der Waals surface area contributed by atoms with E-state index in [9.17, 15) is 14.4 Å². The molecule has 1 N–H and O–H groups in total. The highest BCUT2D eigenvalue weighted by atomic mass is 16.5. The van der Waals surface area contributed by atoms with E-state index in [2.05, 4.69) is 5.32 Å². The van der Waals surface area contributed by atoms with Gasteiger partial charge in [-0.25, -0.2) is 4.79 Å². The molecule has 0 saturated carbocycles. The summed E-state index contributed by atoms with van der Waals surface area (Å²) in [5.41, 5.74) is 1.15. The number of aryl methyl sites for hydroxylation is 1. The van der Waals surface area contributed by atoms with E-state index in [1.807, 2.05) is 0 Å². The van der Waals surface area contributed by atoms with Gasteiger partial charge < -0.3 is 14.6 Å². The highest BCUT2D eigenvalue weighted by molar-refractivity contribution is 6.04. The molecule has 0 saturated heterocycles. The number of ether oxygens (including phenoxy) is 1. The van der Waals surface area contributed by atoms with Gasteiger partial charge in [-0.1, -0.05) is 0 Å². The van der Waals surface area contributed by atoms with Crippen LogP contribution in [0.3, 0.4) is 0 Å². The van der Waals surface area contributed by atoms with E-state index in [1.165, 1.54) is 22.9 Å². The molecule has 22 heavy (non-hydrogen) atoms. The molecule has 0 aliphatic carbocycles. The second-order valence-corrected chi connectivity index (χ2v) is 4.62. The summed E-state index contributed by atoms with van der Waals surface area (Å²) in [6.45, 7) is 2.05. The van der Waals surface area contributed by atoms with Crippen molar-refractivity contribution in [2.24, 2.45) is 7.05 Å². The highest BCUT2D eigenvalue weighted by Crippen LogP contribution is 2.12. The Kier molecular flexibility index (Phi) is 4.73. The average Bonchev–Trinajstić information content (AvgIpc) is 2.51. The van der Waals surface area contributed by atoms with E-state index in [0.717, 1.165) is 0 Å². The number of hydrogen-bond acceptors (Lipinski definition) is 4. The topological polar surface area (TPSA) is 77.4 Å². The minimum absolute atomic E-state index is 0.185. The van der Waals surface area contributed by atoms with Crippen molar-refractivity contribution in [1.29, 1.82) is 0 Å². The Hall–Kier alpha value is -2.89. The van der Waals surface area contributed by atoms with Crippen LogP contribution in [-0.2, 0) is 11.8 Å². The van der Waals surface area contributed by atoms with Crippen molar-refractivity contribution in [3.05, 3.63) is 64.1 Å². The lowest BCUT2D eigenvalue weighted by molar-refractivity contribution is 0.0526. The summed E-state index contributed by atoms with van der Waals surface area (Å²) in [6, 6.07) is 9.18. The number of esters is 1. The molecular weight excluding hydrogens is 284 g/mol. The van der Waals surface area contributed by atoms with Gasteiger partial charge in [-0.3, -0.25) is 9.59 Å². The molecular formula is C16H16N2O4. The number of hydrogen-bond donors (Lipinski definition) is 1. The van der Waals surface area contributed by atoms with Crippen LogP contribution in [0.25, 0.3) is 0 Å². The molecule has 1 aromatic carbocycles. The lowest BCUT2D eigenvalue weighted by atomic mass is 10.2. The third-order valence-electron chi connectivity index (χ3n) is 3.00. The Morgan fingerprint density at radius 2 is 1.73 bits per heavy atom. The van der Waals surface area contributed by atoms with E-state index >= 15 is 0 Å². The molecule has 1 aromatic heterocycles. The van der Waals surface area contributed by atoms with Crippen molar-refractivity contribution in [1.82, 2.24) is 4.57 Å². The van der Waals surface area contributed by atoms with Gasteiger partial charge in [0.2, 0.25) is 5.56 Å². The summed E-state index contributed by atoms with van der Waals surface area (Å²) in [5, 5.41) is 2.70. The van der Waals surface area contributed by atoms with E-state index in [1.54, 1.807) is 38.2 Å². The van der Waals surface area contributed by atoms with Gasteiger partial charge >= 0.3 is 5.97 Å². The number of carbonyl (C=O) groups is 2. The minimum atomic E-state index is -0.404. The van der Waals surface area contributed by atoms with E-state index in [-0.39, 0.29) is 11.5 Å². The van der Waals surface area contributed by atoms with Crippen LogP contribution in [0.15, 0.2) is 47.4 Å². The van der Waals surface area contributed by atoms with E-state index in [4.69, 9.17) is 4.74 Å². The molecule has 0 unspecified atom stereocenters. The average molecular weight is 300 g/mol. The molecule has 0 spiro atoms. The number of benzene rings is 1. The number of pyridine rings is 1. The van der Waals surface area contributed by atoms with Crippen LogP contribution < -0.4 is 10.9 Å². The Bertz CT molecular complexity index is 747. The number of aromatic nitrogens is 1. The summed E-state index contributed by atoms with van der Waals surface area (Å²) in [4.78, 5) is 34.9. The third-order valence-corrected chi connectivity index (χ3v) is 3.00. The van der Waals surface area contributed by atoms with Crippen molar-refractivity contribution in [3.8, 4) is 0 Å². The standard InChI is InChI=1S/C16H16N2O4/c1-3-22-16(21)11-4-7-13(8-5-11)17-15(20)12-6-9-14(19)18(2)10-12/h4-10H,3H2,1-2H3,(H,17,20). The fourth-order valence-electron chi connectivity index (χ4n) is 1.84. The van der Waals surface area contributed by atoms with Crippen LogP contribution >= 0.6 is 0 Å². The van der Waals surface area contributed by atoms with Gasteiger partial charge in [0.25, 0.3) is 5.91 Å². The van der Waals surface area contributed by atoms with Gasteiger partial charge in [0.15, 0.2) is 0 Å². The summed E-state index contributed by atoms with van der Waals surface area (Å²) in [5.74, 6) is -0.738. The molecule has 114 valence electrons. The second kappa shape index (κ2) is 6.71. The predicted molar refractivity (Wildman–Crippen MR) is 82.0 cm³/mol. The van der Waals surface area contributed by atoms with Crippen molar-refractivity contribution < 1.29 is 14.3 Å². The maximum absolute atomic E-state index is 12.1. The third kappa shape index (κ3) is 3.60. The highest BCUT2D eigenvalue weighted by Gasteiger charge is 2.09. The Balaban J connectivity index is 2.10. The molecule has 0 atom stereocenters. The number of carbonyl (C=O) groups excluding carboxylic acids is 2. The molecule has 0 aliphatic heterocycles. The number of rotatable bonds is 4. The van der Waals surface area contributed by atoms with E-state index in [0.29, 0.717) is 23.4 Å². The molecule has 0 bridgehead atoms. The quantitative estimate of drug-likeness (QED) is 0.874. The number of amides is 1. The summed E-state index contributed by atoms with van der Waals surface area (Å²) in [6.07, 6.45) is 1.46. The van der Waals surface area contributed by atoms with E-state index < -0.39 is 5.97 Å². The van der Waals surface area contributed by atoms with Crippen LogP contribution in [0, 0.1) is 0 Å². The summed E-state index contributed by atoms with van der Waals surface area (Å²) >= 11 is 0. The van der Waals surface area contributed by atoms with Crippen molar-refractivity contribution in [3.63, 3.8) is 0 Å². The minimum Gasteiger partial charge on any atom is -0.462 e. The maximum atomic E-state index is 12.1. The van der Waals surface area contributed by atoms with Gasteiger partial charge in [-0.05, 0) is 37.3 Å². The molecule has 0 radical (unpaired) electrons. The van der Waals surface area contributed by atoms with Crippen LogP contribution in [0.5, 0.6) is 0 Å². The lowest BCUT2D eigenvalue weighted by Crippen LogP contribution is -2.19. The summed E-state index contributed by atoms with van der Waals surface area (Å²) < 4.78 is 6.22. The zero-order valence-corrected chi connectivity index (χ0v) is 12.3. The second-order valence-electron chi connectivity index (χ2n) is 4.62. The maximum Gasteiger partial charge on any atom is 0.338 e. The van der Waals surface area contributed by atoms with Crippen LogP contribution in [-0.4, -0.2) is 23.1 Å². The molecule has 1 heterocycles. The zero-order valence-electron chi connectivity index (χ0n) is 12.3. The molecule has 6 heteroatoms. The predicted octanol–water partition coefficient (Wildman–Crippen LogP) is 1.81. The molecule has 0 fully saturated rings. The first-order valence-corrected chi connectivity index (χ1v) is 6.76. The van der Waals surface area contributed by atoms with Crippen molar-refractivity contribution >= 4 is 17.6 Å². The van der Waals surface area contributed by atoms with Crippen molar-refractivity contribution in [2.75, 3.05) is 11.9 Å².